The minimum atomic E-state index is -1.77. The number of benzene rings is 6. The molecule has 0 aromatic heterocycles. The molecule has 0 aliphatic carbocycles. The van der Waals surface area contributed by atoms with Crippen molar-refractivity contribution in [2.45, 2.75) is 206 Å². The molecule has 0 aliphatic heterocycles. The van der Waals surface area contributed by atoms with Gasteiger partial charge in [0.1, 0.15) is 59.5 Å². The number of amides is 12. The summed E-state index contributed by atoms with van der Waals surface area (Å²) in [5.41, 5.74) is 7.36. The molecule has 0 fully saturated rings. The van der Waals surface area contributed by atoms with Gasteiger partial charge in [-0.05, 0) is 113 Å². The number of hydrogen-bond acceptors (Lipinski definition) is 19. The zero-order chi connectivity index (χ0) is 89.4. The molecule has 0 heterocycles. The molecular weight excluding hydrogens is 1600 g/mol. The third-order valence-electron chi connectivity index (χ3n) is 19.0. The van der Waals surface area contributed by atoms with Crippen LogP contribution in [0.1, 0.15) is 157 Å². The topological polar surface area (TPSA) is 411 Å². The number of nitrogens with one attached hydrogen (secondary N) is 12. The second kappa shape index (κ2) is 47.6. The number of thioether (sulfide) groups is 3. The molecule has 0 unspecified atom stereocenters. The Labute approximate surface area is 723 Å². The molecule has 121 heavy (non-hydrogen) atoms. The highest BCUT2D eigenvalue weighted by molar-refractivity contribution is 8.00. The van der Waals surface area contributed by atoms with Gasteiger partial charge in [-0.2, -0.15) is 0 Å². The molecule has 654 valence electrons. The Morgan fingerprint density at radius 2 is 0.760 bits per heavy atom. The summed E-state index contributed by atoms with van der Waals surface area (Å²) in [6.45, 7) is 25.4. The maximum Gasteiger partial charge on any atom is 0.329 e. The van der Waals surface area contributed by atoms with Gasteiger partial charge in [-0.3, -0.25) is 57.5 Å². The molecule has 6 rings (SSSR count). The lowest BCUT2D eigenvalue weighted by molar-refractivity contribution is -0.159. The first kappa shape index (κ1) is 99.2. The van der Waals surface area contributed by atoms with Crippen LogP contribution in [0.15, 0.2) is 182 Å². The van der Waals surface area contributed by atoms with Crippen LogP contribution in [0.25, 0.3) is 0 Å². The van der Waals surface area contributed by atoms with Gasteiger partial charge in [0.05, 0.1) is 47.2 Å². The third kappa shape index (κ3) is 31.1. The first-order chi connectivity index (χ1) is 57.1. The third-order valence-corrected chi connectivity index (χ3v) is 22.5. The molecule has 0 saturated carbocycles. The van der Waals surface area contributed by atoms with Crippen LogP contribution in [0.3, 0.4) is 0 Å². The van der Waals surface area contributed by atoms with Crippen molar-refractivity contribution in [3.8, 4) is 0 Å². The van der Waals surface area contributed by atoms with E-state index in [0.717, 1.165) is 28.5 Å². The van der Waals surface area contributed by atoms with Crippen LogP contribution < -0.4 is 69.5 Å². The van der Waals surface area contributed by atoms with E-state index in [2.05, 4.69) is 63.8 Å². The molecule has 6 aromatic rings. The average Bonchev–Trinajstić information content (AvgIpc) is 0.730. The minimum Gasteiger partial charge on any atom is -0.458 e. The summed E-state index contributed by atoms with van der Waals surface area (Å²) >= 11 is 3.58. The number of nitrogens with two attached hydrogens (primary N) is 1. The number of carbonyl (C=O) groups excluding carboxylic acids is 13. The largest absolute Gasteiger partial charge is 0.458 e. The lowest BCUT2D eigenvalue weighted by atomic mass is 9.77. The number of esters is 1. The van der Waals surface area contributed by atoms with E-state index >= 15 is 24.0 Å². The Morgan fingerprint density at radius 1 is 0.380 bits per heavy atom. The number of hydrogen-bond donors (Lipinski definition) is 13. The number of rotatable bonds is 45. The molecule has 31 heteroatoms. The smallest absolute Gasteiger partial charge is 0.329 e. The second-order valence-electron chi connectivity index (χ2n) is 32.6. The number of carbonyl (C=O) groups is 13. The lowest BCUT2D eigenvalue weighted by Crippen LogP contribution is -2.62. The standard InChI is InChI=1S/C90H121N13O15S3/c1-55(2)47-70(86(116)118-88(14,15)16)98-81(111)71(51-120-54-94-61(10)105)96-74(107)49-92-83(113)77(59(8)117-87(11,12)13)102-82(112)72(52-121-90(65-41-29-20-30-42-65,66-43-31-21-32-44-66)67-45-33-22-34-46-67)99-78(108)58(7)95-84(114)75(56(3)4)101-80(110)69(97-85(115)76(57(5)6)100-79(109)68(91)50-119-53-93-60(9)104)48-73(106)103-89(62-35-23-17-24-36-62,63-37-25-18-26-38-63)64-39-27-19-28-40-64/h17-46,55-59,68-72,75-77H,47-54,91H2,1-16H3,(H,92,113)(H,93,104)(H,94,105)(H,95,114)(H,96,107)(H,97,115)(H,98,111)(H,99,108)(H,100,109)(H,101,110)(H,102,112)(H,103,106)/t58-,59+,68-,69-,70-,71-,72-,75-,76-,77-/m0/s1. The SMILES string of the molecule is CC(=O)NCSC[C@H](NC(=O)CNC(=O)[C@@H](NC(=O)[C@H](CSC(c1ccccc1)(c1ccccc1)c1ccccc1)NC(=O)[C@H](C)NC(=O)[C@@H](NC(=O)[C@H](CC(=O)NC(c1ccccc1)(c1ccccc1)c1ccccc1)NC(=O)[C@@H](NC(=O)[C@@H](N)CSCNC(C)=O)C(C)C)C(C)C)[C@@H](C)OC(C)(C)C)C(=O)N[C@@H](CC(C)C)C(=O)OC(C)(C)C. The maximum atomic E-state index is 15.7. The quantitative estimate of drug-likeness (QED) is 0.00783. The van der Waals surface area contributed by atoms with Gasteiger partial charge in [-0.25, -0.2) is 4.79 Å². The Balaban J connectivity index is 1.36. The van der Waals surface area contributed by atoms with E-state index < -0.39 is 172 Å². The van der Waals surface area contributed by atoms with Gasteiger partial charge in [0.2, 0.25) is 70.9 Å². The van der Waals surface area contributed by atoms with Gasteiger partial charge >= 0.3 is 5.97 Å². The van der Waals surface area contributed by atoms with Crippen molar-refractivity contribution in [1.82, 2.24) is 63.8 Å². The van der Waals surface area contributed by atoms with Crippen LogP contribution >= 0.6 is 35.3 Å². The highest BCUT2D eigenvalue weighted by atomic mass is 32.2. The summed E-state index contributed by atoms with van der Waals surface area (Å²) in [5.74, 6) is -11.4. The van der Waals surface area contributed by atoms with Gasteiger partial charge in [-0.1, -0.05) is 224 Å². The highest BCUT2D eigenvalue weighted by Crippen LogP contribution is 2.49. The van der Waals surface area contributed by atoms with Gasteiger partial charge < -0.3 is 79.0 Å². The first-order valence-corrected chi connectivity index (χ1v) is 43.7. The summed E-state index contributed by atoms with van der Waals surface area (Å²) in [4.78, 5) is 185. The van der Waals surface area contributed by atoms with Crippen LogP contribution in [0.2, 0.25) is 0 Å². The summed E-state index contributed by atoms with van der Waals surface area (Å²) in [6, 6.07) is 43.2. The van der Waals surface area contributed by atoms with Crippen LogP contribution in [0.4, 0.5) is 0 Å². The molecule has 0 bridgehead atoms. The van der Waals surface area contributed by atoms with E-state index in [-0.39, 0.29) is 53.2 Å². The fourth-order valence-electron chi connectivity index (χ4n) is 13.2. The molecular formula is C90H121N13O15S3. The van der Waals surface area contributed by atoms with E-state index in [0.29, 0.717) is 16.7 Å². The lowest BCUT2D eigenvalue weighted by Gasteiger charge is -2.37. The van der Waals surface area contributed by atoms with Crippen molar-refractivity contribution >= 4 is 112 Å². The molecule has 0 saturated heterocycles. The van der Waals surface area contributed by atoms with Gasteiger partial charge in [0.25, 0.3) is 0 Å². The van der Waals surface area contributed by atoms with E-state index in [9.17, 15) is 38.4 Å². The molecule has 0 spiro atoms. The monoisotopic (exact) mass is 1720 g/mol. The molecule has 10 atom stereocenters. The number of ether oxygens (including phenoxy) is 2. The summed E-state index contributed by atoms with van der Waals surface area (Å²) < 4.78 is 10.9. The fourth-order valence-corrected chi connectivity index (χ4v) is 16.4. The Bertz CT molecular complexity index is 4220. The van der Waals surface area contributed by atoms with Crippen molar-refractivity contribution in [2.24, 2.45) is 23.5 Å². The van der Waals surface area contributed by atoms with Crippen LogP contribution in [-0.2, 0) is 82.1 Å². The van der Waals surface area contributed by atoms with Crippen LogP contribution in [-0.4, -0.2) is 184 Å². The van der Waals surface area contributed by atoms with E-state index in [1.807, 2.05) is 196 Å². The molecule has 6 aromatic carbocycles. The van der Waals surface area contributed by atoms with Crippen LogP contribution in [0, 0.1) is 17.8 Å². The van der Waals surface area contributed by atoms with Crippen molar-refractivity contribution in [3.05, 3.63) is 215 Å². The molecule has 12 amide bonds. The zero-order valence-electron chi connectivity index (χ0n) is 71.9. The van der Waals surface area contributed by atoms with E-state index in [4.69, 9.17) is 15.2 Å². The van der Waals surface area contributed by atoms with E-state index in [1.54, 1.807) is 69.2 Å². The Hall–Kier alpha value is -10.6. The van der Waals surface area contributed by atoms with Crippen molar-refractivity contribution < 1.29 is 71.8 Å². The van der Waals surface area contributed by atoms with E-state index in [1.165, 1.54) is 51.2 Å². The molecule has 0 radical (unpaired) electrons. The van der Waals surface area contributed by atoms with Crippen LogP contribution in [0.5, 0.6) is 0 Å². The average molecular weight is 1720 g/mol. The summed E-state index contributed by atoms with van der Waals surface area (Å²) in [5, 5.41) is 33.0. The molecule has 28 nitrogen and oxygen atoms in total. The summed E-state index contributed by atoms with van der Waals surface area (Å²) in [6.07, 6.45) is -1.70. The molecule has 0 aliphatic rings. The minimum absolute atomic E-state index is 0.0571. The van der Waals surface area contributed by atoms with Crippen molar-refractivity contribution in [3.63, 3.8) is 0 Å². The van der Waals surface area contributed by atoms with Gasteiger partial charge in [-0.15, -0.1) is 35.3 Å². The zero-order valence-corrected chi connectivity index (χ0v) is 74.4. The maximum absolute atomic E-state index is 15.7. The fraction of sp³-hybridized carbons (Fsp3) is 0.456. The normalized spacial score (nSPS) is 14.2. The Morgan fingerprint density at radius 3 is 1.18 bits per heavy atom. The van der Waals surface area contributed by atoms with Crippen molar-refractivity contribution in [2.75, 3.05) is 35.6 Å². The predicted octanol–water partition coefficient (Wildman–Crippen LogP) is 7.11. The summed E-state index contributed by atoms with van der Waals surface area (Å²) in [7, 11) is 0. The van der Waals surface area contributed by atoms with Gasteiger partial charge in [0, 0.05) is 31.1 Å². The second-order valence-corrected chi connectivity index (χ2v) is 35.9. The molecule has 14 N–H and O–H groups in total. The highest BCUT2D eigenvalue weighted by Gasteiger charge is 2.44. The Kier molecular flexibility index (Phi) is 39.0. The van der Waals surface area contributed by atoms with Gasteiger partial charge in [0.15, 0.2) is 0 Å². The first-order valence-electron chi connectivity index (χ1n) is 40.4. The van der Waals surface area contributed by atoms with Crippen molar-refractivity contribution in [1.29, 1.82) is 0 Å². The predicted molar refractivity (Wildman–Crippen MR) is 473 cm³/mol.